The Morgan fingerprint density at radius 1 is 1.31 bits per heavy atom. The van der Waals surface area contributed by atoms with E-state index < -0.39 is 4.92 Å². The second kappa shape index (κ2) is 3.90. The van der Waals surface area contributed by atoms with E-state index in [2.05, 4.69) is 10.9 Å². The lowest BCUT2D eigenvalue weighted by Gasteiger charge is -2.11. The highest BCUT2D eigenvalue weighted by Gasteiger charge is 2.32. The van der Waals surface area contributed by atoms with Crippen LogP contribution in [0, 0.1) is 10.1 Å². The quantitative estimate of drug-likeness (QED) is 0.568. The molecule has 0 unspecified atom stereocenters. The molecular formula is C10H11N3O3. The van der Waals surface area contributed by atoms with Gasteiger partial charge in [0.05, 0.1) is 10.8 Å². The summed E-state index contributed by atoms with van der Waals surface area (Å²) in [5.41, 5.74) is 6.16. The normalized spacial score (nSPS) is 24.2. The van der Waals surface area contributed by atoms with Gasteiger partial charge in [-0.3, -0.25) is 20.3 Å². The van der Waals surface area contributed by atoms with E-state index in [1.54, 1.807) is 12.1 Å². The van der Waals surface area contributed by atoms with E-state index in [0.29, 0.717) is 0 Å². The van der Waals surface area contributed by atoms with Crippen LogP contribution in [-0.4, -0.2) is 16.9 Å². The molecule has 84 valence electrons. The molecule has 1 aromatic carbocycles. The minimum atomic E-state index is -0.458. The summed E-state index contributed by atoms with van der Waals surface area (Å²) >= 11 is 0. The van der Waals surface area contributed by atoms with Gasteiger partial charge in [0.2, 0.25) is 5.91 Å². The fraction of sp³-hybridized carbons (Fsp3) is 0.300. The molecule has 6 nitrogen and oxygen atoms in total. The van der Waals surface area contributed by atoms with Crippen molar-refractivity contribution in [2.45, 2.75) is 18.9 Å². The van der Waals surface area contributed by atoms with Gasteiger partial charge in [0, 0.05) is 18.2 Å². The minimum absolute atomic E-state index is 0.0195. The van der Waals surface area contributed by atoms with E-state index >= 15 is 0 Å². The first kappa shape index (κ1) is 10.6. The number of benzene rings is 1. The van der Waals surface area contributed by atoms with Gasteiger partial charge < -0.3 is 0 Å². The Balaban J connectivity index is 2.27. The molecule has 1 aliphatic rings. The molecule has 1 fully saturated rings. The number of carbonyl (C=O) groups is 1. The molecule has 2 rings (SSSR count). The lowest BCUT2D eigenvalue weighted by molar-refractivity contribution is -0.384. The van der Waals surface area contributed by atoms with Gasteiger partial charge in [0.1, 0.15) is 0 Å². The van der Waals surface area contributed by atoms with Crippen molar-refractivity contribution in [2.75, 3.05) is 0 Å². The summed E-state index contributed by atoms with van der Waals surface area (Å²) in [6, 6.07) is 6.04. The van der Waals surface area contributed by atoms with Crippen LogP contribution >= 0.6 is 0 Å². The molecule has 0 bridgehead atoms. The largest absolute Gasteiger partial charge is 0.291 e. The lowest BCUT2D eigenvalue weighted by Crippen LogP contribution is -2.29. The maximum atomic E-state index is 11.5. The molecule has 2 atom stereocenters. The Morgan fingerprint density at radius 3 is 2.38 bits per heavy atom. The van der Waals surface area contributed by atoms with Crippen LogP contribution in [0.1, 0.15) is 18.4 Å². The van der Waals surface area contributed by atoms with Crippen LogP contribution in [0.25, 0.3) is 0 Å². The Bertz CT molecular complexity index is 429. The lowest BCUT2D eigenvalue weighted by atomic mass is 9.93. The van der Waals surface area contributed by atoms with Crippen molar-refractivity contribution >= 4 is 11.6 Å². The maximum Gasteiger partial charge on any atom is 0.269 e. The number of hydrogen-bond acceptors (Lipinski definition) is 4. The highest BCUT2D eigenvalue weighted by Crippen LogP contribution is 2.24. The summed E-state index contributed by atoms with van der Waals surface area (Å²) in [5.74, 6) is -0.401. The molecule has 1 heterocycles. The maximum absolute atomic E-state index is 11.5. The van der Waals surface area contributed by atoms with Gasteiger partial charge in [-0.2, -0.15) is 0 Å². The summed E-state index contributed by atoms with van der Waals surface area (Å²) in [5, 5.41) is 10.5. The van der Waals surface area contributed by atoms with E-state index in [-0.39, 0.29) is 23.6 Å². The summed E-state index contributed by atoms with van der Waals surface area (Å²) in [6.45, 7) is 1.88. The fourth-order valence-electron chi connectivity index (χ4n) is 1.82. The highest BCUT2D eigenvalue weighted by molar-refractivity contribution is 5.86. The molecule has 1 aromatic rings. The Morgan fingerprint density at radius 2 is 1.94 bits per heavy atom. The molecule has 0 aliphatic carbocycles. The number of amides is 1. The third kappa shape index (κ3) is 1.74. The molecule has 16 heavy (non-hydrogen) atoms. The minimum Gasteiger partial charge on any atom is -0.291 e. The number of nitro benzene ring substituents is 1. The van der Waals surface area contributed by atoms with Crippen LogP contribution in [0.15, 0.2) is 24.3 Å². The van der Waals surface area contributed by atoms with Crippen molar-refractivity contribution in [1.82, 2.24) is 10.9 Å². The first-order valence-electron chi connectivity index (χ1n) is 4.89. The van der Waals surface area contributed by atoms with E-state index in [0.717, 1.165) is 5.56 Å². The molecule has 2 N–H and O–H groups in total. The predicted octanol–water partition coefficient (Wildman–Crippen LogP) is 0.701. The second-order valence-corrected chi connectivity index (χ2v) is 3.75. The van der Waals surface area contributed by atoms with E-state index in [1.807, 2.05) is 6.92 Å². The van der Waals surface area contributed by atoms with Crippen LogP contribution in [0.4, 0.5) is 5.69 Å². The summed E-state index contributed by atoms with van der Waals surface area (Å²) < 4.78 is 0. The fourth-order valence-corrected chi connectivity index (χ4v) is 1.82. The number of nitrogens with zero attached hydrogens (tertiary/aromatic N) is 1. The van der Waals surface area contributed by atoms with E-state index in [1.165, 1.54) is 12.1 Å². The molecule has 0 radical (unpaired) electrons. The van der Waals surface area contributed by atoms with Crippen molar-refractivity contribution in [2.24, 2.45) is 0 Å². The van der Waals surface area contributed by atoms with Crippen LogP contribution in [0.2, 0.25) is 0 Å². The zero-order chi connectivity index (χ0) is 11.7. The van der Waals surface area contributed by atoms with E-state index in [9.17, 15) is 14.9 Å². The SMILES string of the molecule is C[C@H]1NNC(=O)[C@H]1c1ccc([N+](=O)[O-])cc1. The summed E-state index contributed by atoms with van der Waals surface area (Å²) in [4.78, 5) is 21.5. The third-order valence-corrected chi connectivity index (χ3v) is 2.67. The van der Waals surface area contributed by atoms with Crippen LogP contribution in [-0.2, 0) is 4.79 Å². The second-order valence-electron chi connectivity index (χ2n) is 3.75. The number of carbonyl (C=O) groups excluding carboxylic acids is 1. The number of non-ortho nitro benzene ring substituents is 1. The number of hydrogen-bond donors (Lipinski definition) is 2. The van der Waals surface area contributed by atoms with Crippen molar-refractivity contribution < 1.29 is 9.72 Å². The van der Waals surface area contributed by atoms with Gasteiger partial charge in [0.15, 0.2) is 0 Å². The first-order valence-corrected chi connectivity index (χ1v) is 4.89. The summed E-state index contributed by atoms with van der Waals surface area (Å²) in [6.07, 6.45) is 0. The smallest absolute Gasteiger partial charge is 0.269 e. The Kier molecular flexibility index (Phi) is 2.57. The summed E-state index contributed by atoms with van der Waals surface area (Å²) in [7, 11) is 0. The highest BCUT2D eigenvalue weighted by atomic mass is 16.6. The van der Waals surface area contributed by atoms with Crippen molar-refractivity contribution in [3.8, 4) is 0 Å². The number of nitrogens with one attached hydrogen (secondary N) is 2. The van der Waals surface area contributed by atoms with Gasteiger partial charge in [0.25, 0.3) is 5.69 Å². The topological polar surface area (TPSA) is 84.3 Å². The molecule has 1 aliphatic heterocycles. The zero-order valence-corrected chi connectivity index (χ0v) is 8.64. The molecule has 0 aromatic heterocycles. The molecule has 0 spiro atoms. The molecule has 6 heteroatoms. The number of hydrazine groups is 1. The Hall–Kier alpha value is -1.95. The monoisotopic (exact) mass is 221 g/mol. The molecule has 1 saturated heterocycles. The number of rotatable bonds is 2. The number of nitro groups is 1. The van der Waals surface area contributed by atoms with Gasteiger partial charge in [-0.15, -0.1) is 0 Å². The van der Waals surface area contributed by atoms with Gasteiger partial charge in [-0.05, 0) is 12.5 Å². The first-order chi connectivity index (χ1) is 7.59. The van der Waals surface area contributed by atoms with Crippen LogP contribution < -0.4 is 10.9 Å². The third-order valence-electron chi connectivity index (χ3n) is 2.67. The zero-order valence-electron chi connectivity index (χ0n) is 8.64. The van der Waals surface area contributed by atoms with E-state index in [4.69, 9.17) is 0 Å². The van der Waals surface area contributed by atoms with Crippen molar-refractivity contribution in [1.29, 1.82) is 0 Å². The van der Waals surface area contributed by atoms with Crippen LogP contribution in [0.5, 0.6) is 0 Å². The standard InChI is InChI=1S/C10H11N3O3/c1-6-9(10(14)12-11-6)7-2-4-8(5-3-7)13(15)16/h2-6,9,11H,1H3,(H,12,14)/t6-,9-/m1/s1. The molecule has 0 saturated carbocycles. The van der Waals surface area contributed by atoms with Gasteiger partial charge in [-0.1, -0.05) is 12.1 Å². The molecular weight excluding hydrogens is 210 g/mol. The van der Waals surface area contributed by atoms with Gasteiger partial charge in [-0.25, -0.2) is 5.43 Å². The van der Waals surface area contributed by atoms with Gasteiger partial charge >= 0.3 is 0 Å². The van der Waals surface area contributed by atoms with Crippen LogP contribution in [0.3, 0.4) is 0 Å². The van der Waals surface area contributed by atoms with Crippen molar-refractivity contribution in [3.63, 3.8) is 0 Å². The predicted molar refractivity (Wildman–Crippen MR) is 56.6 cm³/mol. The average Bonchev–Trinajstić information content (AvgIpc) is 2.59. The molecule has 1 amide bonds. The van der Waals surface area contributed by atoms with Crippen molar-refractivity contribution in [3.05, 3.63) is 39.9 Å². The average molecular weight is 221 g/mol. The Labute approximate surface area is 91.8 Å².